The fourth-order valence-corrected chi connectivity index (χ4v) is 3.51. The molecule has 3 heterocycles. The Bertz CT molecular complexity index is 1020. The summed E-state index contributed by atoms with van der Waals surface area (Å²) in [6, 6.07) is 11.9. The summed E-state index contributed by atoms with van der Waals surface area (Å²) < 4.78 is 3.68. The average Bonchev–Trinajstić information content (AvgIpc) is 3.16. The fraction of sp³-hybridized carbons (Fsp3) is 0.286. The lowest BCUT2D eigenvalue weighted by Crippen LogP contribution is -2.41. The van der Waals surface area contributed by atoms with E-state index in [1.165, 1.54) is 5.56 Å². The number of benzene rings is 1. The minimum atomic E-state index is -0.213. The van der Waals surface area contributed by atoms with Crippen molar-refractivity contribution in [2.75, 3.05) is 6.54 Å². The zero-order chi connectivity index (χ0) is 18.8. The van der Waals surface area contributed by atoms with Crippen molar-refractivity contribution in [3.05, 3.63) is 87.9 Å². The van der Waals surface area contributed by atoms with Gasteiger partial charge in [-0.25, -0.2) is 4.98 Å². The summed E-state index contributed by atoms with van der Waals surface area (Å²) in [6.07, 6.45) is 6.08. The zero-order valence-corrected chi connectivity index (χ0v) is 15.3. The monoisotopic (exact) mass is 362 g/mol. The van der Waals surface area contributed by atoms with E-state index >= 15 is 0 Å². The van der Waals surface area contributed by atoms with Crippen LogP contribution in [-0.4, -0.2) is 31.5 Å². The van der Waals surface area contributed by atoms with Crippen LogP contribution in [0.3, 0.4) is 0 Å². The summed E-state index contributed by atoms with van der Waals surface area (Å²) in [5.41, 5.74) is 2.95. The molecule has 0 aliphatic carbocycles. The molecule has 0 unspecified atom stereocenters. The summed E-state index contributed by atoms with van der Waals surface area (Å²) in [4.78, 5) is 31.9. The Hall–Kier alpha value is -3.15. The van der Waals surface area contributed by atoms with E-state index in [0.717, 1.165) is 17.7 Å². The first-order valence-electron chi connectivity index (χ1n) is 9.16. The van der Waals surface area contributed by atoms with Gasteiger partial charge in [-0.3, -0.25) is 9.59 Å². The third-order valence-electron chi connectivity index (χ3n) is 5.12. The van der Waals surface area contributed by atoms with Gasteiger partial charge in [0.25, 0.3) is 11.5 Å². The van der Waals surface area contributed by atoms with Crippen molar-refractivity contribution in [1.82, 2.24) is 19.0 Å². The van der Waals surface area contributed by atoms with Gasteiger partial charge >= 0.3 is 0 Å². The van der Waals surface area contributed by atoms with Crippen LogP contribution in [0.25, 0.3) is 0 Å². The molecule has 1 amide bonds. The maximum Gasteiger partial charge on any atom is 0.263 e. The first-order chi connectivity index (χ1) is 13.1. The molecule has 1 aliphatic heterocycles. The molecule has 1 aromatic carbocycles. The molecule has 0 saturated heterocycles. The van der Waals surface area contributed by atoms with Crippen molar-refractivity contribution in [3.8, 4) is 0 Å². The van der Waals surface area contributed by atoms with Gasteiger partial charge in [0.15, 0.2) is 0 Å². The molecular formula is C21H22N4O2. The summed E-state index contributed by atoms with van der Waals surface area (Å²) >= 11 is 0. The molecule has 0 spiro atoms. The molecular weight excluding hydrogens is 340 g/mol. The standard InChI is InChI=1S/C21H22N4O2/c1-16-7-9-23(10-8-17-5-3-2-4-6-17)20(26)19(16)21(27)24-11-12-25-15-22-13-18(25)14-24/h2-7,9,13,15H,8,10-12,14H2,1H3. The molecule has 0 fully saturated rings. The number of hydrogen-bond donors (Lipinski definition) is 0. The van der Waals surface area contributed by atoms with Crippen molar-refractivity contribution in [2.24, 2.45) is 0 Å². The number of fused-ring (bicyclic) bond motifs is 1. The molecule has 1 aliphatic rings. The molecule has 3 aromatic rings. The van der Waals surface area contributed by atoms with E-state index in [-0.39, 0.29) is 17.0 Å². The molecule has 0 N–H and O–H groups in total. The van der Waals surface area contributed by atoms with Gasteiger partial charge in [0, 0.05) is 32.0 Å². The lowest BCUT2D eigenvalue weighted by atomic mass is 10.1. The van der Waals surface area contributed by atoms with Crippen molar-refractivity contribution >= 4 is 5.91 Å². The molecule has 138 valence electrons. The smallest absolute Gasteiger partial charge is 0.263 e. The van der Waals surface area contributed by atoms with Crippen LogP contribution in [0.1, 0.15) is 27.2 Å². The molecule has 2 aromatic heterocycles. The maximum absolute atomic E-state index is 13.1. The summed E-state index contributed by atoms with van der Waals surface area (Å²) in [5, 5.41) is 0. The summed E-state index contributed by atoms with van der Waals surface area (Å²) in [7, 11) is 0. The number of imidazole rings is 1. The van der Waals surface area contributed by atoms with Crippen molar-refractivity contribution in [1.29, 1.82) is 0 Å². The molecule has 0 saturated carbocycles. The van der Waals surface area contributed by atoms with E-state index < -0.39 is 0 Å². The van der Waals surface area contributed by atoms with E-state index in [1.807, 2.05) is 47.9 Å². The van der Waals surface area contributed by atoms with Crippen molar-refractivity contribution in [2.45, 2.75) is 33.0 Å². The number of amides is 1. The highest BCUT2D eigenvalue weighted by molar-refractivity contribution is 5.95. The van der Waals surface area contributed by atoms with Crippen LogP contribution in [0.15, 0.2) is 59.9 Å². The van der Waals surface area contributed by atoms with Crippen LogP contribution < -0.4 is 5.56 Å². The van der Waals surface area contributed by atoms with Gasteiger partial charge in [-0.15, -0.1) is 0 Å². The minimum absolute atomic E-state index is 0.195. The van der Waals surface area contributed by atoms with E-state index in [4.69, 9.17) is 0 Å². The minimum Gasteiger partial charge on any atom is -0.331 e. The lowest BCUT2D eigenvalue weighted by molar-refractivity contribution is 0.0708. The molecule has 0 bridgehead atoms. The van der Waals surface area contributed by atoms with Gasteiger partial charge in [0.05, 0.1) is 18.6 Å². The van der Waals surface area contributed by atoms with Gasteiger partial charge in [0.1, 0.15) is 5.56 Å². The summed E-state index contributed by atoms with van der Waals surface area (Å²) in [5.74, 6) is -0.195. The van der Waals surface area contributed by atoms with Gasteiger partial charge in [-0.2, -0.15) is 0 Å². The second-order valence-corrected chi connectivity index (χ2v) is 6.91. The van der Waals surface area contributed by atoms with Crippen LogP contribution in [0.2, 0.25) is 0 Å². The van der Waals surface area contributed by atoms with Crippen LogP contribution >= 0.6 is 0 Å². The Morgan fingerprint density at radius 1 is 1.15 bits per heavy atom. The predicted octanol–water partition coefficient (Wildman–Crippen LogP) is 2.25. The molecule has 0 radical (unpaired) electrons. The van der Waals surface area contributed by atoms with Crippen LogP contribution in [-0.2, 0) is 26.1 Å². The molecule has 6 heteroatoms. The Morgan fingerprint density at radius 3 is 2.78 bits per heavy atom. The third kappa shape index (κ3) is 3.43. The van der Waals surface area contributed by atoms with E-state index in [1.54, 1.807) is 28.2 Å². The van der Waals surface area contributed by atoms with E-state index in [2.05, 4.69) is 4.98 Å². The predicted molar refractivity (Wildman–Crippen MR) is 103 cm³/mol. The number of hydrogen-bond acceptors (Lipinski definition) is 3. The number of aryl methyl sites for hydroxylation is 3. The van der Waals surface area contributed by atoms with E-state index in [9.17, 15) is 9.59 Å². The largest absolute Gasteiger partial charge is 0.331 e. The first kappa shape index (κ1) is 17.3. The maximum atomic E-state index is 13.1. The Labute approximate surface area is 157 Å². The van der Waals surface area contributed by atoms with Gasteiger partial charge in [0.2, 0.25) is 0 Å². The number of nitrogens with zero attached hydrogens (tertiary/aromatic N) is 4. The number of rotatable bonds is 4. The second kappa shape index (κ2) is 7.23. The number of carbonyl (C=O) groups excluding carboxylic acids is 1. The topological polar surface area (TPSA) is 60.1 Å². The Balaban J connectivity index is 1.57. The number of aromatic nitrogens is 3. The van der Waals surface area contributed by atoms with Gasteiger partial charge < -0.3 is 14.0 Å². The van der Waals surface area contributed by atoms with E-state index in [0.29, 0.717) is 26.2 Å². The number of carbonyl (C=O) groups is 1. The van der Waals surface area contributed by atoms with Crippen LogP contribution in [0.4, 0.5) is 0 Å². The normalized spacial score (nSPS) is 13.4. The zero-order valence-electron chi connectivity index (χ0n) is 15.3. The molecule has 6 nitrogen and oxygen atoms in total. The quantitative estimate of drug-likeness (QED) is 0.715. The fourth-order valence-electron chi connectivity index (χ4n) is 3.51. The Morgan fingerprint density at radius 2 is 1.96 bits per heavy atom. The third-order valence-corrected chi connectivity index (χ3v) is 5.12. The highest BCUT2D eigenvalue weighted by Gasteiger charge is 2.25. The SMILES string of the molecule is Cc1ccn(CCc2ccccc2)c(=O)c1C(=O)N1CCn2cncc2C1. The van der Waals surface area contributed by atoms with Crippen LogP contribution in [0.5, 0.6) is 0 Å². The second-order valence-electron chi connectivity index (χ2n) is 6.91. The Kier molecular flexibility index (Phi) is 4.62. The molecule has 0 atom stereocenters. The summed E-state index contributed by atoms with van der Waals surface area (Å²) in [6.45, 7) is 4.15. The van der Waals surface area contributed by atoms with Gasteiger partial charge in [-0.1, -0.05) is 30.3 Å². The average molecular weight is 362 g/mol. The first-order valence-corrected chi connectivity index (χ1v) is 9.16. The van der Waals surface area contributed by atoms with Crippen LogP contribution in [0, 0.1) is 6.92 Å². The highest BCUT2D eigenvalue weighted by atomic mass is 16.2. The number of pyridine rings is 1. The van der Waals surface area contributed by atoms with Crippen molar-refractivity contribution < 1.29 is 4.79 Å². The lowest BCUT2D eigenvalue weighted by Gasteiger charge is -2.28. The molecule has 4 rings (SSSR count). The van der Waals surface area contributed by atoms with Crippen molar-refractivity contribution in [3.63, 3.8) is 0 Å². The molecule has 27 heavy (non-hydrogen) atoms. The van der Waals surface area contributed by atoms with Gasteiger partial charge in [-0.05, 0) is 30.5 Å². The highest BCUT2D eigenvalue weighted by Crippen LogP contribution is 2.15.